The second kappa shape index (κ2) is 9.42. The van der Waals surface area contributed by atoms with Crippen molar-refractivity contribution in [2.75, 3.05) is 0 Å². The zero-order chi connectivity index (χ0) is 25.4. The Hall–Kier alpha value is -4.25. The first-order chi connectivity index (χ1) is 17.3. The average Bonchev–Trinajstić information content (AvgIpc) is 2.86. The summed E-state index contributed by atoms with van der Waals surface area (Å²) in [6, 6.07) is 22.7. The minimum absolute atomic E-state index is 0.0434. The van der Waals surface area contributed by atoms with E-state index in [-0.39, 0.29) is 6.61 Å². The Morgan fingerprint density at radius 3 is 2.42 bits per heavy atom. The van der Waals surface area contributed by atoms with Gasteiger partial charge < -0.3 is 9.15 Å². The summed E-state index contributed by atoms with van der Waals surface area (Å²) in [6.45, 7) is 8.09. The fourth-order valence-electron chi connectivity index (χ4n) is 4.80. The number of esters is 1. The summed E-state index contributed by atoms with van der Waals surface area (Å²) in [5, 5.41) is 1.51. The molecule has 0 aliphatic heterocycles. The van der Waals surface area contributed by atoms with Crippen LogP contribution in [0.4, 0.5) is 0 Å². The van der Waals surface area contributed by atoms with Gasteiger partial charge in [0.25, 0.3) is 0 Å². The first-order valence-electron chi connectivity index (χ1n) is 12.0. The summed E-state index contributed by atoms with van der Waals surface area (Å²) in [4.78, 5) is 30.6. The zero-order valence-corrected chi connectivity index (χ0v) is 20.8. The van der Waals surface area contributed by atoms with Crippen LogP contribution in [0.15, 0.2) is 82.0 Å². The lowest BCUT2D eigenvalue weighted by molar-refractivity contribution is 0.0475. The van der Waals surface area contributed by atoms with Crippen LogP contribution in [-0.4, -0.2) is 11.0 Å². The number of carbonyl (C=O) groups is 1. The van der Waals surface area contributed by atoms with Crippen molar-refractivity contribution in [2.24, 2.45) is 0 Å². The predicted molar refractivity (Wildman–Crippen MR) is 142 cm³/mol. The number of para-hydroxylation sites is 1. The average molecular weight is 478 g/mol. The van der Waals surface area contributed by atoms with Gasteiger partial charge in [-0.3, -0.25) is 0 Å². The molecule has 0 saturated carbocycles. The summed E-state index contributed by atoms with van der Waals surface area (Å²) in [7, 11) is 0. The topological polar surface area (TPSA) is 69.4 Å². The molecule has 0 unspecified atom stereocenters. The molecule has 0 saturated heterocycles. The van der Waals surface area contributed by atoms with E-state index < -0.39 is 11.6 Å². The van der Waals surface area contributed by atoms with Crippen LogP contribution in [0, 0.1) is 13.8 Å². The van der Waals surface area contributed by atoms with Gasteiger partial charge in [0.2, 0.25) is 0 Å². The minimum Gasteiger partial charge on any atom is -0.457 e. The van der Waals surface area contributed by atoms with Crippen molar-refractivity contribution in [3.8, 4) is 11.3 Å². The highest BCUT2D eigenvalue weighted by atomic mass is 16.5. The van der Waals surface area contributed by atoms with Crippen LogP contribution in [-0.2, 0) is 11.3 Å². The highest BCUT2D eigenvalue weighted by Gasteiger charge is 2.21. The number of ether oxygens (including phenoxy) is 1. The van der Waals surface area contributed by atoms with Gasteiger partial charge in [-0.1, -0.05) is 62.4 Å². The number of aromatic nitrogens is 1. The molecule has 0 aliphatic carbocycles. The van der Waals surface area contributed by atoms with E-state index in [1.165, 1.54) is 6.07 Å². The lowest BCUT2D eigenvalue weighted by Crippen LogP contribution is -2.11. The monoisotopic (exact) mass is 477 g/mol. The smallest absolute Gasteiger partial charge is 0.339 e. The number of nitrogens with zero attached hydrogens (tertiary/aromatic N) is 1. The number of carbonyl (C=O) groups excluding carboxylic acids is 1. The maximum absolute atomic E-state index is 13.5. The first-order valence-corrected chi connectivity index (χ1v) is 12.0. The molecular formula is C31H27NO4. The molecular weight excluding hydrogens is 450 g/mol. The van der Waals surface area contributed by atoms with E-state index in [0.717, 1.165) is 44.2 Å². The van der Waals surface area contributed by atoms with Gasteiger partial charge in [0.05, 0.1) is 16.8 Å². The molecule has 36 heavy (non-hydrogen) atoms. The van der Waals surface area contributed by atoms with Crippen molar-refractivity contribution in [1.82, 2.24) is 4.98 Å². The van der Waals surface area contributed by atoms with Crippen LogP contribution in [0.25, 0.3) is 33.1 Å². The molecule has 0 bridgehead atoms. The summed E-state index contributed by atoms with van der Waals surface area (Å²) in [5.74, 6) is -0.153. The Morgan fingerprint density at radius 2 is 1.67 bits per heavy atom. The Kier molecular flexibility index (Phi) is 6.15. The Balaban J connectivity index is 1.57. The maximum atomic E-state index is 13.5. The molecule has 5 aromatic rings. The Labute approximate surface area is 209 Å². The number of aryl methyl sites for hydroxylation is 1. The Morgan fingerprint density at radius 1 is 0.944 bits per heavy atom. The molecule has 5 heteroatoms. The molecule has 0 radical (unpaired) electrons. The van der Waals surface area contributed by atoms with Gasteiger partial charge in [-0.15, -0.1) is 0 Å². The van der Waals surface area contributed by atoms with Gasteiger partial charge in [-0.05, 0) is 54.7 Å². The SMILES string of the molecule is Cc1cc2oc(=O)cc(COC(=O)c3c(C)c(-c4ccccc4)nc4ccccc34)c2cc1C(C)C. The lowest BCUT2D eigenvalue weighted by Gasteiger charge is -2.15. The third-order valence-electron chi connectivity index (χ3n) is 6.58. The first kappa shape index (κ1) is 23.5. The second-order valence-electron chi connectivity index (χ2n) is 9.37. The van der Waals surface area contributed by atoms with Gasteiger partial charge in [-0.25, -0.2) is 14.6 Å². The van der Waals surface area contributed by atoms with Crippen molar-refractivity contribution in [2.45, 2.75) is 40.2 Å². The molecule has 180 valence electrons. The molecule has 0 N–H and O–H groups in total. The summed E-state index contributed by atoms with van der Waals surface area (Å²) >= 11 is 0. The summed E-state index contributed by atoms with van der Waals surface area (Å²) < 4.78 is 11.3. The quantitative estimate of drug-likeness (QED) is 0.199. The van der Waals surface area contributed by atoms with Crippen LogP contribution < -0.4 is 5.63 Å². The fraction of sp³-hybridized carbons (Fsp3) is 0.194. The van der Waals surface area contributed by atoms with E-state index in [2.05, 4.69) is 13.8 Å². The molecule has 0 aliphatic rings. The number of rotatable bonds is 5. The second-order valence-corrected chi connectivity index (χ2v) is 9.37. The highest BCUT2D eigenvalue weighted by Crippen LogP contribution is 2.31. The van der Waals surface area contributed by atoms with Gasteiger partial charge >= 0.3 is 11.6 Å². The van der Waals surface area contributed by atoms with Crippen LogP contribution in [0.1, 0.15) is 52.4 Å². The lowest BCUT2D eigenvalue weighted by atomic mass is 9.95. The van der Waals surface area contributed by atoms with Gasteiger partial charge in [0.15, 0.2) is 0 Å². The predicted octanol–water partition coefficient (Wildman–Crippen LogP) is 7.11. The molecule has 3 aromatic carbocycles. The number of benzene rings is 3. The zero-order valence-electron chi connectivity index (χ0n) is 20.8. The third-order valence-corrected chi connectivity index (χ3v) is 6.58. The number of hydrogen-bond donors (Lipinski definition) is 0. The largest absolute Gasteiger partial charge is 0.457 e. The number of fused-ring (bicyclic) bond motifs is 2. The highest BCUT2D eigenvalue weighted by molar-refractivity contribution is 6.06. The van der Waals surface area contributed by atoms with E-state index >= 15 is 0 Å². The van der Waals surface area contributed by atoms with E-state index in [4.69, 9.17) is 14.1 Å². The standard InChI is InChI=1S/C31H27NO4/c1-18(2)24-16-25-22(15-28(33)36-27(25)14-19(24)3)17-35-31(34)29-20(4)30(21-10-6-5-7-11-21)32-26-13-9-8-12-23(26)29/h5-16,18H,17H2,1-4H3. The summed E-state index contributed by atoms with van der Waals surface area (Å²) in [6.07, 6.45) is 0. The minimum atomic E-state index is -0.470. The summed E-state index contributed by atoms with van der Waals surface area (Å²) in [5.41, 5.74) is 6.48. The van der Waals surface area contributed by atoms with E-state index in [1.54, 1.807) is 0 Å². The van der Waals surface area contributed by atoms with E-state index in [9.17, 15) is 9.59 Å². The molecule has 0 amide bonds. The van der Waals surface area contributed by atoms with E-state index in [0.29, 0.717) is 22.6 Å². The van der Waals surface area contributed by atoms with Gasteiger partial charge in [0, 0.05) is 28.0 Å². The van der Waals surface area contributed by atoms with Crippen LogP contribution in [0.5, 0.6) is 0 Å². The molecule has 2 heterocycles. The van der Waals surface area contributed by atoms with Gasteiger partial charge in [-0.2, -0.15) is 0 Å². The van der Waals surface area contributed by atoms with Gasteiger partial charge in [0.1, 0.15) is 12.2 Å². The molecule has 0 fully saturated rings. The van der Waals surface area contributed by atoms with Crippen LogP contribution in [0.3, 0.4) is 0 Å². The van der Waals surface area contributed by atoms with E-state index in [1.807, 2.05) is 80.6 Å². The van der Waals surface area contributed by atoms with Crippen LogP contribution in [0.2, 0.25) is 0 Å². The van der Waals surface area contributed by atoms with Crippen molar-refractivity contribution < 1.29 is 13.9 Å². The molecule has 0 spiro atoms. The van der Waals surface area contributed by atoms with Crippen molar-refractivity contribution in [3.05, 3.63) is 111 Å². The fourth-order valence-corrected chi connectivity index (χ4v) is 4.80. The van der Waals surface area contributed by atoms with Crippen molar-refractivity contribution >= 4 is 27.8 Å². The third kappa shape index (κ3) is 4.29. The molecule has 5 nitrogen and oxygen atoms in total. The van der Waals surface area contributed by atoms with Crippen LogP contribution >= 0.6 is 0 Å². The Bertz CT molecular complexity index is 1670. The number of hydrogen-bond acceptors (Lipinski definition) is 5. The van der Waals surface area contributed by atoms with Crippen molar-refractivity contribution in [1.29, 1.82) is 0 Å². The molecule has 2 aromatic heterocycles. The number of pyridine rings is 1. The van der Waals surface area contributed by atoms with Crippen molar-refractivity contribution in [3.63, 3.8) is 0 Å². The molecule has 0 atom stereocenters. The molecule has 5 rings (SSSR count). The normalized spacial score (nSPS) is 11.4. The maximum Gasteiger partial charge on any atom is 0.339 e.